The molecule has 35 heavy (non-hydrogen) atoms. The van der Waals surface area contributed by atoms with Crippen molar-refractivity contribution in [3.63, 3.8) is 0 Å². The third-order valence-corrected chi connectivity index (χ3v) is 8.60. The molecule has 5 rings (SSSR count). The summed E-state index contributed by atoms with van der Waals surface area (Å²) < 4.78 is 0. The summed E-state index contributed by atoms with van der Waals surface area (Å²) in [5.74, 6) is 1.78. The van der Waals surface area contributed by atoms with Gasteiger partial charge in [-0.3, -0.25) is 19.4 Å². The van der Waals surface area contributed by atoms with Crippen LogP contribution in [0.25, 0.3) is 0 Å². The molecule has 4 fully saturated rings. The normalized spacial score (nSPS) is 23.2. The summed E-state index contributed by atoms with van der Waals surface area (Å²) in [5.41, 5.74) is 0.631. The number of nitrogens with zero attached hydrogens (tertiary/aromatic N) is 5. The molecule has 0 unspecified atom stereocenters. The minimum atomic E-state index is -0.0218. The van der Waals surface area contributed by atoms with E-state index in [0.717, 1.165) is 70.8 Å². The highest BCUT2D eigenvalue weighted by molar-refractivity contribution is 5.94. The maximum atomic E-state index is 12.8. The largest absolute Gasteiger partial charge is 0.354 e. The highest BCUT2D eigenvalue weighted by Gasteiger charge is 2.30. The van der Waals surface area contributed by atoms with Crippen LogP contribution < -0.4 is 10.2 Å². The van der Waals surface area contributed by atoms with Crippen LogP contribution in [0.4, 0.5) is 5.82 Å². The van der Waals surface area contributed by atoms with E-state index in [9.17, 15) is 9.59 Å². The minimum Gasteiger partial charge on any atom is -0.354 e. The smallest absolute Gasteiger partial charge is 0.252 e. The quantitative estimate of drug-likeness (QED) is 0.643. The second kappa shape index (κ2) is 11.7. The number of anilines is 1. The lowest BCUT2D eigenvalue weighted by Gasteiger charge is -2.43. The van der Waals surface area contributed by atoms with E-state index in [2.05, 4.69) is 29.9 Å². The van der Waals surface area contributed by atoms with Crippen molar-refractivity contribution >= 4 is 17.6 Å². The second-order valence-corrected chi connectivity index (χ2v) is 10.9. The Morgan fingerprint density at radius 1 is 0.857 bits per heavy atom. The molecule has 1 N–H and O–H groups in total. The number of rotatable bonds is 7. The number of hydrogen-bond donors (Lipinski definition) is 1. The van der Waals surface area contributed by atoms with Crippen LogP contribution in [-0.4, -0.2) is 103 Å². The van der Waals surface area contributed by atoms with Crippen molar-refractivity contribution in [3.05, 3.63) is 23.9 Å². The van der Waals surface area contributed by atoms with E-state index in [-0.39, 0.29) is 11.8 Å². The number of pyridine rings is 1. The average Bonchev–Trinajstić information content (AvgIpc) is 2.88. The van der Waals surface area contributed by atoms with E-state index in [0.29, 0.717) is 18.0 Å². The van der Waals surface area contributed by atoms with E-state index in [1.54, 1.807) is 6.20 Å². The zero-order valence-corrected chi connectivity index (χ0v) is 21.2. The SMILES string of the molecule is O=C(NCC1CCCCC1)c1ccc(N2CCN(CC(=O)N3CCN(C4CCC4)CC3)CC2)nc1. The first-order valence-electron chi connectivity index (χ1n) is 13.9. The first-order valence-corrected chi connectivity index (χ1v) is 13.9. The van der Waals surface area contributed by atoms with Crippen molar-refractivity contribution < 1.29 is 9.59 Å². The van der Waals surface area contributed by atoms with Crippen molar-refractivity contribution in [3.8, 4) is 0 Å². The molecule has 1 aromatic rings. The molecule has 0 atom stereocenters. The number of carbonyl (C=O) groups is 2. The minimum absolute atomic E-state index is 0.0218. The van der Waals surface area contributed by atoms with Gasteiger partial charge in [-0.05, 0) is 43.7 Å². The van der Waals surface area contributed by atoms with Gasteiger partial charge >= 0.3 is 0 Å². The van der Waals surface area contributed by atoms with Crippen LogP contribution in [-0.2, 0) is 4.79 Å². The Hall–Kier alpha value is -2.19. The van der Waals surface area contributed by atoms with Crippen LogP contribution >= 0.6 is 0 Å². The molecule has 2 saturated carbocycles. The summed E-state index contributed by atoms with van der Waals surface area (Å²) in [5, 5.41) is 3.09. The van der Waals surface area contributed by atoms with E-state index >= 15 is 0 Å². The highest BCUT2D eigenvalue weighted by Crippen LogP contribution is 2.26. The van der Waals surface area contributed by atoms with Gasteiger partial charge in [0.2, 0.25) is 5.91 Å². The van der Waals surface area contributed by atoms with Gasteiger partial charge in [0.05, 0.1) is 12.1 Å². The lowest BCUT2D eigenvalue weighted by atomic mass is 9.89. The van der Waals surface area contributed by atoms with Crippen molar-refractivity contribution in [1.29, 1.82) is 0 Å². The van der Waals surface area contributed by atoms with Crippen LogP contribution in [0.3, 0.4) is 0 Å². The Morgan fingerprint density at radius 3 is 2.23 bits per heavy atom. The predicted molar refractivity (Wildman–Crippen MR) is 138 cm³/mol. The first-order chi connectivity index (χ1) is 17.2. The average molecular weight is 483 g/mol. The monoisotopic (exact) mass is 482 g/mol. The number of carbonyl (C=O) groups excluding carboxylic acids is 2. The molecule has 192 valence electrons. The summed E-state index contributed by atoms with van der Waals surface area (Å²) in [6.45, 7) is 8.53. The molecular weight excluding hydrogens is 440 g/mol. The molecule has 1 aromatic heterocycles. The molecule has 0 bridgehead atoms. The number of piperazine rings is 2. The predicted octanol–water partition coefficient (Wildman–Crippen LogP) is 2.21. The number of amides is 2. The molecule has 4 aliphatic rings. The summed E-state index contributed by atoms with van der Waals surface area (Å²) in [4.78, 5) is 39.1. The third kappa shape index (κ3) is 6.33. The Kier molecular flexibility index (Phi) is 8.19. The van der Waals surface area contributed by atoms with Crippen LogP contribution in [0.1, 0.15) is 61.7 Å². The standard InChI is InChI=1S/C27H42N6O2/c34-26(33-17-15-31(16-18-33)24-7-4-8-24)21-30-11-13-32(14-12-30)25-10-9-23(20-28-25)27(35)29-19-22-5-2-1-3-6-22/h9-10,20,22,24H,1-8,11-19,21H2,(H,29,35). The maximum Gasteiger partial charge on any atom is 0.252 e. The Balaban J connectivity index is 1.02. The zero-order chi connectivity index (χ0) is 24.0. The molecule has 8 nitrogen and oxygen atoms in total. The Morgan fingerprint density at radius 2 is 1.60 bits per heavy atom. The van der Waals surface area contributed by atoms with Crippen molar-refractivity contribution in [2.24, 2.45) is 5.92 Å². The lowest BCUT2D eigenvalue weighted by molar-refractivity contribution is -0.134. The van der Waals surface area contributed by atoms with Crippen LogP contribution in [0, 0.1) is 5.92 Å². The first kappa shape index (κ1) is 24.5. The Bertz CT molecular complexity index is 836. The van der Waals surface area contributed by atoms with Crippen molar-refractivity contribution in [2.75, 3.05) is 70.3 Å². The van der Waals surface area contributed by atoms with Crippen molar-refractivity contribution in [1.82, 2.24) is 25.0 Å². The van der Waals surface area contributed by atoms with Gasteiger partial charge in [0.1, 0.15) is 5.82 Å². The van der Waals surface area contributed by atoms with E-state index in [1.165, 1.54) is 51.4 Å². The fourth-order valence-corrected chi connectivity index (χ4v) is 5.95. The van der Waals surface area contributed by atoms with E-state index in [4.69, 9.17) is 0 Å². The number of hydrogen-bond acceptors (Lipinski definition) is 6. The molecule has 0 spiro atoms. The van der Waals surface area contributed by atoms with Crippen LogP contribution in [0.2, 0.25) is 0 Å². The third-order valence-electron chi connectivity index (χ3n) is 8.60. The molecule has 8 heteroatoms. The summed E-state index contributed by atoms with van der Waals surface area (Å²) in [7, 11) is 0. The molecule has 2 amide bonds. The molecular formula is C27H42N6O2. The van der Waals surface area contributed by atoms with Crippen molar-refractivity contribution in [2.45, 2.75) is 57.4 Å². The zero-order valence-electron chi connectivity index (χ0n) is 21.2. The van der Waals surface area contributed by atoms with Gasteiger partial charge in [-0.1, -0.05) is 25.7 Å². The molecule has 0 radical (unpaired) electrons. The Labute approximate surface area is 210 Å². The summed E-state index contributed by atoms with van der Waals surface area (Å²) in [6.07, 6.45) is 12.1. The maximum absolute atomic E-state index is 12.8. The van der Waals surface area contributed by atoms with Gasteiger partial charge in [-0.15, -0.1) is 0 Å². The molecule has 3 heterocycles. The molecule has 2 aliphatic heterocycles. The number of nitrogens with one attached hydrogen (secondary N) is 1. The van der Waals surface area contributed by atoms with Gasteiger partial charge in [-0.2, -0.15) is 0 Å². The van der Waals surface area contributed by atoms with Gasteiger partial charge in [-0.25, -0.2) is 4.98 Å². The van der Waals surface area contributed by atoms with Gasteiger partial charge in [0.25, 0.3) is 5.91 Å². The number of aromatic nitrogens is 1. The molecule has 2 aliphatic carbocycles. The fourth-order valence-electron chi connectivity index (χ4n) is 5.95. The second-order valence-electron chi connectivity index (χ2n) is 10.9. The van der Waals surface area contributed by atoms with E-state index in [1.807, 2.05) is 12.1 Å². The van der Waals surface area contributed by atoms with Crippen LogP contribution in [0.15, 0.2) is 18.3 Å². The highest BCUT2D eigenvalue weighted by atomic mass is 16.2. The lowest BCUT2D eigenvalue weighted by Crippen LogP contribution is -2.56. The van der Waals surface area contributed by atoms with Gasteiger partial charge < -0.3 is 15.1 Å². The van der Waals surface area contributed by atoms with E-state index < -0.39 is 0 Å². The molecule has 0 aromatic carbocycles. The fraction of sp³-hybridized carbons (Fsp3) is 0.741. The van der Waals surface area contributed by atoms with Gasteiger partial charge in [0, 0.05) is 71.1 Å². The van der Waals surface area contributed by atoms with Crippen LogP contribution in [0.5, 0.6) is 0 Å². The van der Waals surface area contributed by atoms with Gasteiger partial charge in [0.15, 0.2) is 0 Å². The molecule has 2 saturated heterocycles. The summed E-state index contributed by atoms with van der Waals surface area (Å²) >= 11 is 0. The summed E-state index contributed by atoms with van der Waals surface area (Å²) in [6, 6.07) is 4.62. The topological polar surface area (TPSA) is 72.0 Å².